The SMILES string of the molecule is COC(=O)c1ccccc1NC(=O)c1cccc(NC(=O)c2cccs2)c1. The lowest BCUT2D eigenvalue weighted by molar-refractivity contribution is 0.0601. The molecule has 0 atom stereocenters. The lowest BCUT2D eigenvalue weighted by atomic mass is 10.1. The summed E-state index contributed by atoms with van der Waals surface area (Å²) in [6.45, 7) is 0. The molecule has 1 aromatic heterocycles. The summed E-state index contributed by atoms with van der Waals surface area (Å²) >= 11 is 1.33. The van der Waals surface area contributed by atoms with Crippen molar-refractivity contribution >= 4 is 40.5 Å². The lowest BCUT2D eigenvalue weighted by Crippen LogP contribution is -2.16. The molecular formula is C20H16N2O4S. The molecule has 6 nitrogen and oxygen atoms in total. The maximum Gasteiger partial charge on any atom is 0.339 e. The van der Waals surface area contributed by atoms with Gasteiger partial charge >= 0.3 is 5.97 Å². The predicted octanol–water partition coefficient (Wildman–Crippen LogP) is 4.04. The van der Waals surface area contributed by atoms with Crippen molar-refractivity contribution in [3.8, 4) is 0 Å². The van der Waals surface area contributed by atoms with Gasteiger partial charge in [-0.15, -0.1) is 11.3 Å². The number of para-hydroxylation sites is 1. The molecule has 0 radical (unpaired) electrons. The van der Waals surface area contributed by atoms with Crippen molar-refractivity contribution < 1.29 is 19.1 Å². The highest BCUT2D eigenvalue weighted by Crippen LogP contribution is 2.19. The van der Waals surface area contributed by atoms with E-state index in [2.05, 4.69) is 10.6 Å². The zero-order chi connectivity index (χ0) is 19.2. The van der Waals surface area contributed by atoms with Gasteiger partial charge in [0.25, 0.3) is 11.8 Å². The van der Waals surface area contributed by atoms with Gasteiger partial charge in [0.05, 0.1) is 23.2 Å². The molecule has 7 heteroatoms. The van der Waals surface area contributed by atoms with Gasteiger partial charge in [-0.3, -0.25) is 9.59 Å². The van der Waals surface area contributed by atoms with Crippen LogP contribution in [0, 0.1) is 0 Å². The number of hydrogen-bond donors (Lipinski definition) is 2. The number of hydrogen-bond acceptors (Lipinski definition) is 5. The van der Waals surface area contributed by atoms with Gasteiger partial charge in [0.2, 0.25) is 0 Å². The Balaban J connectivity index is 1.76. The molecular weight excluding hydrogens is 364 g/mol. The first-order valence-corrected chi connectivity index (χ1v) is 8.90. The highest BCUT2D eigenvalue weighted by Gasteiger charge is 2.15. The number of esters is 1. The largest absolute Gasteiger partial charge is 0.465 e. The van der Waals surface area contributed by atoms with Crippen molar-refractivity contribution in [2.45, 2.75) is 0 Å². The Morgan fingerprint density at radius 1 is 0.889 bits per heavy atom. The van der Waals surface area contributed by atoms with Gasteiger partial charge in [0.1, 0.15) is 0 Å². The molecule has 3 rings (SSSR count). The van der Waals surface area contributed by atoms with Crippen LogP contribution < -0.4 is 10.6 Å². The van der Waals surface area contributed by atoms with E-state index in [-0.39, 0.29) is 11.5 Å². The van der Waals surface area contributed by atoms with Crippen LogP contribution in [0.3, 0.4) is 0 Å². The number of nitrogens with one attached hydrogen (secondary N) is 2. The fourth-order valence-electron chi connectivity index (χ4n) is 2.41. The first kappa shape index (κ1) is 18.3. The van der Waals surface area contributed by atoms with Crippen LogP contribution in [-0.4, -0.2) is 24.9 Å². The molecule has 3 aromatic rings. The van der Waals surface area contributed by atoms with Gasteiger partial charge in [0.15, 0.2) is 0 Å². The first-order valence-electron chi connectivity index (χ1n) is 8.02. The lowest BCUT2D eigenvalue weighted by Gasteiger charge is -2.10. The number of ether oxygens (including phenoxy) is 1. The van der Waals surface area contributed by atoms with Crippen LogP contribution in [0.15, 0.2) is 66.0 Å². The molecule has 136 valence electrons. The van der Waals surface area contributed by atoms with Crippen molar-refractivity contribution in [1.29, 1.82) is 0 Å². The van der Waals surface area contributed by atoms with Crippen molar-refractivity contribution in [3.05, 3.63) is 82.0 Å². The number of methoxy groups -OCH3 is 1. The van der Waals surface area contributed by atoms with E-state index in [4.69, 9.17) is 4.74 Å². The number of anilines is 2. The van der Waals surface area contributed by atoms with E-state index in [9.17, 15) is 14.4 Å². The molecule has 2 N–H and O–H groups in total. The third-order valence-corrected chi connectivity index (χ3v) is 4.58. The minimum Gasteiger partial charge on any atom is -0.465 e. The summed E-state index contributed by atoms with van der Waals surface area (Å²) in [7, 11) is 1.28. The minimum atomic E-state index is -0.539. The second-order valence-electron chi connectivity index (χ2n) is 5.50. The molecule has 0 saturated heterocycles. The maximum atomic E-state index is 12.6. The van der Waals surface area contributed by atoms with E-state index in [1.165, 1.54) is 18.4 Å². The van der Waals surface area contributed by atoms with Crippen LogP contribution in [0.5, 0.6) is 0 Å². The number of benzene rings is 2. The van der Waals surface area contributed by atoms with Crippen LogP contribution >= 0.6 is 11.3 Å². The normalized spacial score (nSPS) is 10.1. The van der Waals surface area contributed by atoms with Crippen LogP contribution in [0.1, 0.15) is 30.4 Å². The monoisotopic (exact) mass is 380 g/mol. The average molecular weight is 380 g/mol. The summed E-state index contributed by atoms with van der Waals surface area (Å²) < 4.78 is 4.73. The zero-order valence-electron chi connectivity index (χ0n) is 14.4. The third-order valence-electron chi connectivity index (χ3n) is 3.71. The molecule has 27 heavy (non-hydrogen) atoms. The number of amides is 2. The van der Waals surface area contributed by atoms with E-state index in [1.54, 1.807) is 60.7 Å². The van der Waals surface area contributed by atoms with Gasteiger partial charge in [-0.25, -0.2) is 4.79 Å². The molecule has 1 heterocycles. The number of carbonyl (C=O) groups is 3. The second kappa shape index (κ2) is 8.29. The van der Waals surface area contributed by atoms with Crippen molar-refractivity contribution in [1.82, 2.24) is 0 Å². The average Bonchev–Trinajstić information content (AvgIpc) is 3.23. The molecule has 2 aromatic carbocycles. The van der Waals surface area contributed by atoms with E-state index >= 15 is 0 Å². The summed E-state index contributed by atoms with van der Waals surface area (Å²) in [5.74, 6) is -1.18. The minimum absolute atomic E-state index is 0.237. The summed E-state index contributed by atoms with van der Waals surface area (Å²) in [4.78, 5) is 37.1. The predicted molar refractivity (Wildman–Crippen MR) is 104 cm³/mol. The Bertz CT molecular complexity index is 983. The highest BCUT2D eigenvalue weighted by molar-refractivity contribution is 7.12. The van der Waals surface area contributed by atoms with Gasteiger partial charge < -0.3 is 15.4 Å². The molecule has 0 fully saturated rings. The standard InChI is InChI=1S/C20H16N2O4S/c1-26-20(25)15-8-2-3-9-16(15)22-18(23)13-6-4-7-14(12-13)21-19(24)17-10-5-11-27-17/h2-12H,1H3,(H,21,24)(H,22,23). The molecule has 0 saturated carbocycles. The first-order chi connectivity index (χ1) is 13.1. The molecule has 0 aliphatic carbocycles. The molecule has 0 unspecified atom stereocenters. The number of rotatable bonds is 5. The molecule has 0 bridgehead atoms. The Labute approximate surface area is 159 Å². The van der Waals surface area contributed by atoms with E-state index in [0.717, 1.165) is 0 Å². The highest BCUT2D eigenvalue weighted by atomic mass is 32.1. The van der Waals surface area contributed by atoms with Gasteiger partial charge in [-0.05, 0) is 41.8 Å². The van der Waals surface area contributed by atoms with Crippen LogP contribution in [0.25, 0.3) is 0 Å². The molecule has 0 spiro atoms. The summed E-state index contributed by atoms with van der Waals surface area (Å²) in [6, 6.07) is 16.7. The van der Waals surface area contributed by atoms with Crippen LogP contribution in [-0.2, 0) is 4.74 Å². The summed E-state index contributed by atoms with van der Waals surface area (Å²) in [6.07, 6.45) is 0. The van der Waals surface area contributed by atoms with E-state index in [0.29, 0.717) is 21.8 Å². The van der Waals surface area contributed by atoms with E-state index < -0.39 is 11.9 Å². The molecule has 0 aliphatic rings. The Kier molecular flexibility index (Phi) is 5.63. The molecule has 0 aliphatic heterocycles. The van der Waals surface area contributed by atoms with Crippen LogP contribution in [0.2, 0.25) is 0 Å². The summed E-state index contributed by atoms with van der Waals surface area (Å²) in [5.41, 5.74) is 1.46. The second-order valence-corrected chi connectivity index (χ2v) is 6.45. The summed E-state index contributed by atoms with van der Waals surface area (Å²) in [5, 5.41) is 7.28. The maximum absolute atomic E-state index is 12.6. The Morgan fingerprint density at radius 2 is 1.70 bits per heavy atom. The van der Waals surface area contributed by atoms with Gasteiger partial charge in [0, 0.05) is 11.3 Å². The van der Waals surface area contributed by atoms with Crippen molar-refractivity contribution in [3.63, 3.8) is 0 Å². The van der Waals surface area contributed by atoms with Gasteiger partial charge in [-0.2, -0.15) is 0 Å². The van der Waals surface area contributed by atoms with Crippen molar-refractivity contribution in [2.24, 2.45) is 0 Å². The number of thiophene rings is 1. The van der Waals surface area contributed by atoms with Crippen molar-refractivity contribution in [2.75, 3.05) is 17.7 Å². The fourth-order valence-corrected chi connectivity index (χ4v) is 3.03. The Hall–Kier alpha value is -3.45. The van der Waals surface area contributed by atoms with Crippen LogP contribution in [0.4, 0.5) is 11.4 Å². The Morgan fingerprint density at radius 3 is 2.44 bits per heavy atom. The van der Waals surface area contributed by atoms with E-state index in [1.807, 2.05) is 5.38 Å². The van der Waals surface area contributed by atoms with Gasteiger partial charge in [-0.1, -0.05) is 24.3 Å². The fraction of sp³-hybridized carbons (Fsp3) is 0.0500. The third kappa shape index (κ3) is 4.39. The zero-order valence-corrected chi connectivity index (χ0v) is 15.2. The molecule has 2 amide bonds. The smallest absolute Gasteiger partial charge is 0.339 e. The quantitative estimate of drug-likeness (QED) is 0.654. The number of carbonyl (C=O) groups excluding carboxylic acids is 3. The topological polar surface area (TPSA) is 84.5 Å².